The Bertz CT molecular complexity index is 445. The monoisotopic (exact) mass is 251 g/mol. The number of benzene rings is 1. The van der Waals surface area contributed by atoms with Gasteiger partial charge in [-0.15, -0.1) is 0 Å². The third-order valence-electron chi connectivity index (χ3n) is 3.31. The third kappa shape index (κ3) is 2.81. The number of hydrogen-bond acceptors (Lipinski definition) is 2. The molecule has 0 saturated heterocycles. The number of anilines is 1. The Labute approximate surface area is 106 Å². The molecule has 1 aliphatic rings. The molecule has 1 aromatic carbocycles. The number of rotatable bonds is 5. The van der Waals surface area contributed by atoms with Gasteiger partial charge in [0, 0.05) is 5.92 Å². The molecule has 18 heavy (non-hydrogen) atoms. The summed E-state index contributed by atoms with van der Waals surface area (Å²) in [5.74, 6) is 0.588. The molecule has 2 rings (SSSR count). The van der Waals surface area contributed by atoms with Gasteiger partial charge in [-0.25, -0.2) is 4.39 Å². The van der Waals surface area contributed by atoms with Crippen molar-refractivity contribution >= 4 is 11.6 Å². The van der Waals surface area contributed by atoms with Gasteiger partial charge in [0.2, 0.25) is 5.91 Å². The number of nitrogens with one attached hydrogen (secondary N) is 1. The van der Waals surface area contributed by atoms with E-state index in [-0.39, 0.29) is 23.8 Å². The molecule has 0 aromatic heterocycles. The predicted molar refractivity (Wildman–Crippen MR) is 68.4 cm³/mol. The average Bonchev–Trinajstić information content (AvgIpc) is 2.97. The Morgan fingerprint density at radius 2 is 2.17 bits per heavy atom. The summed E-state index contributed by atoms with van der Waals surface area (Å²) in [5.41, 5.74) is 0.706. The van der Waals surface area contributed by atoms with E-state index in [4.69, 9.17) is 4.74 Å². The van der Waals surface area contributed by atoms with Crippen LogP contribution in [-0.4, -0.2) is 19.2 Å². The quantitative estimate of drug-likeness (QED) is 0.873. The number of alkyl halides is 1. The number of para-hydroxylation sites is 2. The van der Waals surface area contributed by atoms with E-state index in [9.17, 15) is 9.18 Å². The molecule has 4 heteroatoms. The van der Waals surface area contributed by atoms with Crippen LogP contribution >= 0.6 is 0 Å². The molecule has 0 radical (unpaired) electrons. The van der Waals surface area contributed by atoms with Crippen LogP contribution in [0.2, 0.25) is 0 Å². The lowest BCUT2D eigenvalue weighted by molar-refractivity contribution is -0.118. The van der Waals surface area contributed by atoms with Gasteiger partial charge in [0.15, 0.2) is 0 Å². The number of amides is 1. The van der Waals surface area contributed by atoms with Crippen molar-refractivity contribution in [1.29, 1.82) is 0 Å². The van der Waals surface area contributed by atoms with E-state index in [1.807, 2.05) is 6.07 Å². The van der Waals surface area contributed by atoms with Crippen molar-refractivity contribution in [3.8, 4) is 5.75 Å². The van der Waals surface area contributed by atoms with Gasteiger partial charge >= 0.3 is 0 Å². The molecule has 0 spiro atoms. The van der Waals surface area contributed by atoms with E-state index in [1.165, 1.54) is 0 Å². The van der Waals surface area contributed by atoms with E-state index in [2.05, 4.69) is 19.2 Å². The Kier molecular flexibility index (Phi) is 3.55. The van der Waals surface area contributed by atoms with Gasteiger partial charge in [0.1, 0.15) is 19.0 Å². The Balaban J connectivity index is 2.02. The van der Waals surface area contributed by atoms with Crippen LogP contribution in [-0.2, 0) is 4.79 Å². The Morgan fingerprint density at radius 3 is 2.78 bits per heavy atom. The van der Waals surface area contributed by atoms with Gasteiger partial charge in [-0.2, -0.15) is 0 Å². The van der Waals surface area contributed by atoms with Gasteiger partial charge in [-0.05, 0) is 24.0 Å². The standard InChI is InChI=1S/C14H18FNO2/c1-14(2)9-10(14)13(17)16-11-5-3-4-6-12(11)18-8-7-15/h3-6,10H,7-9H2,1-2H3,(H,16,17)/t10-/m1/s1. The Hall–Kier alpha value is -1.58. The zero-order valence-electron chi connectivity index (χ0n) is 10.7. The van der Waals surface area contributed by atoms with Crippen molar-refractivity contribution in [3.05, 3.63) is 24.3 Å². The number of hydrogen-bond donors (Lipinski definition) is 1. The van der Waals surface area contributed by atoms with Crippen molar-refractivity contribution in [2.75, 3.05) is 18.6 Å². The predicted octanol–water partition coefficient (Wildman–Crippen LogP) is 3.02. The van der Waals surface area contributed by atoms with Gasteiger partial charge < -0.3 is 10.1 Å². The molecule has 3 nitrogen and oxygen atoms in total. The highest BCUT2D eigenvalue weighted by atomic mass is 19.1. The van der Waals surface area contributed by atoms with Crippen molar-refractivity contribution in [3.63, 3.8) is 0 Å². The molecule has 0 aliphatic heterocycles. The molecule has 1 aliphatic carbocycles. The smallest absolute Gasteiger partial charge is 0.228 e. The minimum Gasteiger partial charge on any atom is -0.489 e. The minimum absolute atomic E-state index is 0.00179. The fraction of sp³-hybridized carbons (Fsp3) is 0.500. The highest BCUT2D eigenvalue weighted by Crippen LogP contribution is 2.52. The summed E-state index contributed by atoms with van der Waals surface area (Å²) in [5, 5.41) is 2.85. The van der Waals surface area contributed by atoms with E-state index < -0.39 is 6.67 Å². The van der Waals surface area contributed by atoms with Crippen LogP contribution < -0.4 is 10.1 Å². The number of carbonyl (C=O) groups excluding carboxylic acids is 1. The van der Waals surface area contributed by atoms with E-state index >= 15 is 0 Å². The fourth-order valence-corrected chi connectivity index (χ4v) is 1.98. The second kappa shape index (κ2) is 4.96. The summed E-state index contributed by atoms with van der Waals surface area (Å²) < 4.78 is 17.4. The lowest BCUT2D eigenvalue weighted by Gasteiger charge is -2.12. The van der Waals surface area contributed by atoms with Gasteiger partial charge in [-0.3, -0.25) is 4.79 Å². The van der Waals surface area contributed by atoms with Crippen molar-refractivity contribution in [1.82, 2.24) is 0 Å². The van der Waals surface area contributed by atoms with Crippen LogP contribution in [0.4, 0.5) is 10.1 Å². The molecule has 1 aromatic rings. The maximum atomic E-state index is 12.1. The SMILES string of the molecule is CC1(C)C[C@@H]1C(=O)Nc1ccccc1OCCF. The summed E-state index contributed by atoms with van der Waals surface area (Å²) in [7, 11) is 0. The summed E-state index contributed by atoms with van der Waals surface area (Å²) in [4.78, 5) is 12.0. The van der Waals surface area contributed by atoms with E-state index in [0.29, 0.717) is 11.4 Å². The fourth-order valence-electron chi connectivity index (χ4n) is 1.98. The van der Waals surface area contributed by atoms with Crippen LogP contribution in [0.15, 0.2) is 24.3 Å². The second-order valence-corrected chi connectivity index (χ2v) is 5.27. The molecule has 0 heterocycles. The molecule has 1 N–H and O–H groups in total. The van der Waals surface area contributed by atoms with Crippen LogP contribution in [0.5, 0.6) is 5.75 Å². The molecule has 1 amide bonds. The lowest BCUT2D eigenvalue weighted by Crippen LogP contribution is -2.17. The number of halogens is 1. The maximum Gasteiger partial charge on any atom is 0.228 e. The van der Waals surface area contributed by atoms with Crippen molar-refractivity contribution in [2.45, 2.75) is 20.3 Å². The molecule has 1 fully saturated rings. The normalized spacial score (nSPS) is 20.3. The highest BCUT2D eigenvalue weighted by molar-refractivity contribution is 5.96. The van der Waals surface area contributed by atoms with Gasteiger partial charge in [-0.1, -0.05) is 26.0 Å². The van der Waals surface area contributed by atoms with Crippen LogP contribution in [0.3, 0.4) is 0 Å². The molecular weight excluding hydrogens is 233 g/mol. The summed E-state index contributed by atoms with van der Waals surface area (Å²) in [6.45, 7) is 3.60. The summed E-state index contributed by atoms with van der Waals surface area (Å²) >= 11 is 0. The largest absolute Gasteiger partial charge is 0.489 e. The molecule has 0 unspecified atom stereocenters. The van der Waals surface area contributed by atoms with E-state index in [0.717, 1.165) is 6.42 Å². The minimum atomic E-state index is -0.544. The molecule has 1 saturated carbocycles. The van der Waals surface area contributed by atoms with E-state index in [1.54, 1.807) is 18.2 Å². The third-order valence-corrected chi connectivity index (χ3v) is 3.31. The lowest BCUT2D eigenvalue weighted by atomic mass is 10.1. The molecular formula is C14H18FNO2. The molecule has 1 atom stereocenters. The van der Waals surface area contributed by atoms with Gasteiger partial charge in [0.25, 0.3) is 0 Å². The van der Waals surface area contributed by atoms with Crippen LogP contribution in [0.25, 0.3) is 0 Å². The first-order valence-electron chi connectivity index (χ1n) is 6.13. The maximum absolute atomic E-state index is 12.1. The number of carbonyl (C=O) groups is 1. The average molecular weight is 251 g/mol. The number of ether oxygens (including phenoxy) is 1. The second-order valence-electron chi connectivity index (χ2n) is 5.27. The van der Waals surface area contributed by atoms with Crippen LogP contribution in [0, 0.1) is 11.3 Å². The van der Waals surface area contributed by atoms with Crippen LogP contribution in [0.1, 0.15) is 20.3 Å². The highest BCUT2D eigenvalue weighted by Gasteiger charge is 2.50. The first kappa shape index (κ1) is 12.9. The van der Waals surface area contributed by atoms with Gasteiger partial charge in [0.05, 0.1) is 5.69 Å². The molecule has 0 bridgehead atoms. The Morgan fingerprint density at radius 1 is 1.50 bits per heavy atom. The summed E-state index contributed by atoms with van der Waals surface area (Å²) in [6, 6.07) is 7.10. The molecule has 98 valence electrons. The first-order chi connectivity index (χ1) is 8.54. The van der Waals surface area contributed by atoms with Crippen molar-refractivity contribution in [2.24, 2.45) is 11.3 Å². The summed E-state index contributed by atoms with van der Waals surface area (Å²) in [6.07, 6.45) is 0.909. The zero-order chi connectivity index (χ0) is 13.2. The topological polar surface area (TPSA) is 38.3 Å². The zero-order valence-corrected chi connectivity index (χ0v) is 10.7. The first-order valence-corrected chi connectivity index (χ1v) is 6.13. The van der Waals surface area contributed by atoms with Crippen molar-refractivity contribution < 1.29 is 13.9 Å².